The van der Waals surface area contributed by atoms with Gasteiger partial charge in [0.15, 0.2) is 0 Å². The fraction of sp³-hybridized carbons (Fsp3) is 0.389. The standard InChI is InChI=1S/C18H24N6O/c1-19-7-6-18(25)22-15-2-3-17(21-14-15)24-12-10-23(11-13-24)16-4-8-20-9-5-16/h2-5,8-9,14,19H,6-7,10-13H2,1H3,(H,22,25). The Morgan fingerprint density at radius 1 is 1.08 bits per heavy atom. The minimum absolute atomic E-state index is 0.00475. The molecule has 1 fully saturated rings. The Labute approximate surface area is 148 Å². The van der Waals surface area contributed by atoms with Crippen molar-refractivity contribution in [1.82, 2.24) is 15.3 Å². The van der Waals surface area contributed by atoms with E-state index in [0.717, 1.165) is 37.7 Å². The molecule has 0 aromatic carbocycles. The zero-order valence-electron chi connectivity index (χ0n) is 14.5. The fourth-order valence-electron chi connectivity index (χ4n) is 2.86. The predicted octanol–water partition coefficient (Wildman–Crippen LogP) is 1.35. The van der Waals surface area contributed by atoms with Gasteiger partial charge in [0.2, 0.25) is 5.91 Å². The molecule has 2 aromatic heterocycles. The highest BCUT2D eigenvalue weighted by atomic mass is 16.1. The van der Waals surface area contributed by atoms with Crippen LogP contribution in [-0.4, -0.2) is 55.6 Å². The maximum atomic E-state index is 11.7. The molecule has 25 heavy (non-hydrogen) atoms. The van der Waals surface area contributed by atoms with Gasteiger partial charge in [0.1, 0.15) is 5.82 Å². The van der Waals surface area contributed by atoms with Crippen LogP contribution in [0.2, 0.25) is 0 Å². The highest BCUT2D eigenvalue weighted by Gasteiger charge is 2.18. The number of rotatable bonds is 6. The van der Waals surface area contributed by atoms with Crippen LogP contribution in [0.4, 0.5) is 17.2 Å². The maximum absolute atomic E-state index is 11.7. The minimum atomic E-state index is -0.00475. The average molecular weight is 340 g/mol. The van der Waals surface area contributed by atoms with Crippen molar-refractivity contribution in [3.63, 3.8) is 0 Å². The van der Waals surface area contributed by atoms with Gasteiger partial charge in [-0.25, -0.2) is 4.98 Å². The number of hydrogen-bond donors (Lipinski definition) is 2. The molecule has 132 valence electrons. The molecule has 1 saturated heterocycles. The number of aromatic nitrogens is 2. The fourth-order valence-corrected chi connectivity index (χ4v) is 2.86. The number of pyridine rings is 2. The van der Waals surface area contributed by atoms with Crippen LogP contribution in [-0.2, 0) is 4.79 Å². The van der Waals surface area contributed by atoms with Crippen LogP contribution in [0.1, 0.15) is 6.42 Å². The Morgan fingerprint density at radius 2 is 1.80 bits per heavy atom. The molecule has 2 N–H and O–H groups in total. The second kappa shape index (κ2) is 8.43. The molecule has 0 unspecified atom stereocenters. The molecular weight excluding hydrogens is 316 g/mol. The summed E-state index contributed by atoms with van der Waals surface area (Å²) in [4.78, 5) is 24.9. The van der Waals surface area contributed by atoms with Crippen LogP contribution in [0.15, 0.2) is 42.9 Å². The molecule has 0 atom stereocenters. The third kappa shape index (κ3) is 4.67. The van der Waals surface area contributed by atoms with Crippen molar-refractivity contribution in [2.75, 3.05) is 54.9 Å². The molecule has 7 nitrogen and oxygen atoms in total. The average Bonchev–Trinajstić information content (AvgIpc) is 2.68. The van der Waals surface area contributed by atoms with Crippen LogP contribution in [0.5, 0.6) is 0 Å². The lowest BCUT2D eigenvalue weighted by Crippen LogP contribution is -2.46. The first-order valence-corrected chi connectivity index (χ1v) is 8.56. The normalized spacial score (nSPS) is 14.4. The Hall–Kier alpha value is -2.67. The second-order valence-electron chi connectivity index (χ2n) is 5.99. The van der Waals surface area contributed by atoms with Crippen molar-refractivity contribution in [2.45, 2.75) is 6.42 Å². The second-order valence-corrected chi connectivity index (χ2v) is 5.99. The summed E-state index contributed by atoms with van der Waals surface area (Å²) in [5.41, 5.74) is 1.95. The molecule has 3 rings (SSSR count). The highest BCUT2D eigenvalue weighted by molar-refractivity contribution is 5.90. The number of carbonyl (C=O) groups excluding carboxylic acids is 1. The van der Waals surface area contributed by atoms with Crippen molar-refractivity contribution < 1.29 is 4.79 Å². The van der Waals surface area contributed by atoms with E-state index in [9.17, 15) is 4.79 Å². The van der Waals surface area contributed by atoms with Gasteiger partial charge < -0.3 is 20.4 Å². The predicted molar refractivity (Wildman–Crippen MR) is 100 cm³/mol. The topological polar surface area (TPSA) is 73.4 Å². The quantitative estimate of drug-likeness (QED) is 0.827. The number of amides is 1. The number of nitrogens with zero attached hydrogens (tertiary/aromatic N) is 4. The van der Waals surface area contributed by atoms with Crippen molar-refractivity contribution >= 4 is 23.1 Å². The number of anilines is 3. The Bertz CT molecular complexity index is 668. The minimum Gasteiger partial charge on any atom is -0.368 e. The SMILES string of the molecule is CNCCC(=O)Nc1ccc(N2CCN(c3ccncc3)CC2)nc1. The van der Waals surface area contributed by atoms with E-state index in [1.54, 1.807) is 6.20 Å². The van der Waals surface area contributed by atoms with Crippen molar-refractivity contribution in [2.24, 2.45) is 0 Å². The maximum Gasteiger partial charge on any atom is 0.225 e. The molecule has 0 aliphatic carbocycles. The summed E-state index contributed by atoms with van der Waals surface area (Å²) < 4.78 is 0. The van der Waals surface area contributed by atoms with Crippen LogP contribution >= 0.6 is 0 Å². The van der Waals surface area contributed by atoms with Crippen LogP contribution < -0.4 is 20.4 Å². The molecule has 1 amide bonds. The first-order chi connectivity index (χ1) is 12.3. The molecule has 1 aliphatic heterocycles. The van der Waals surface area contributed by atoms with E-state index in [1.807, 2.05) is 43.7 Å². The van der Waals surface area contributed by atoms with E-state index >= 15 is 0 Å². The molecule has 3 heterocycles. The van der Waals surface area contributed by atoms with Crippen LogP contribution in [0.3, 0.4) is 0 Å². The van der Waals surface area contributed by atoms with E-state index in [1.165, 1.54) is 5.69 Å². The molecule has 7 heteroatoms. The lowest BCUT2D eigenvalue weighted by atomic mass is 10.2. The summed E-state index contributed by atoms with van der Waals surface area (Å²) in [5, 5.41) is 5.82. The van der Waals surface area contributed by atoms with E-state index in [4.69, 9.17) is 0 Å². The summed E-state index contributed by atoms with van der Waals surface area (Å²) in [6.45, 7) is 4.41. The third-order valence-electron chi connectivity index (χ3n) is 4.27. The molecule has 0 radical (unpaired) electrons. The Morgan fingerprint density at radius 3 is 2.44 bits per heavy atom. The molecule has 1 aliphatic rings. The summed E-state index contributed by atoms with van der Waals surface area (Å²) in [6.07, 6.45) is 5.83. The summed E-state index contributed by atoms with van der Waals surface area (Å²) in [6, 6.07) is 7.96. The van der Waals surface area contributed by atoms with E-state index in [0.29, 0.717) is 13.0 Å². The molecule has 0 bridgehead atoms. The molecular formula is C18H24N6O. The lowest BCUT2D eigenvalue weighted by molar-refractivity contribution is -0.116. The van der Waals surface area contributed by atoms with Gasteiger partial charge in [-0.15, -0.1) is 0 Å². The van der Waals surface area contributed by atoms with Gasteiger partial charge in [-0.2, -0.15) is 0 Å². The van der Waals surface area contributed by atoms with Crippen LogP contribution in [0.25, 0.3) is 0 Å². The van der Waals surface area contributed by atoms with Gasteiger partial charge >= 0.3 is 0 Å². The number of piperazine rings is 1. The summed E-state index contributed by atoms with van der Waals surface area (Å²) in [7, 11) is 1.83. The largest absolute Gasteiger partial charge is 0.368 e. The Balaban J connectivity index is 1.52. The smallest absolute Gasteiger partial charge is 0.225 e. The van der Waals surface area contributed by atoms with E-state index < -0.39 is 0 Å². The number of hydrogen-bond acceptors (Lipinski definition) is 6. The zero-order valence-corrected chi connectivity index (χ0v) is 14.5. The number of carbonyl (C=O) groups is 1. The molecule has 0 saturated carbocycles. The van der Waals surface area contributed by atoms with Gasteiger partial charge in [-0.1, -0.05) is 0 Å². The first-order valence-electron chi connectivity index (χ1n) is 8.56. The van der Waals surface area contributed by atoms with Gasteiger partial charge in [-0.3, -0.25) is 9.78 Å². The monoisotopic (exact) mass is 340 g/mol. The first kappa shape index (κ1) is 17.2. The van der Waals surface area contributed by atoms with Crippen molar-refractivity contribution in [1.29, 1.82) is 0 Å². The third-order valence-corrected chi connectivity index (χ3v) is 4.27. The van der Waals surface area contributed by atoms with E-state index in [-0.39, 0.29) is 5.91 Å². The Kier molecular flexibility index (Phi) is 5.79. The highest BCUT2D eigenvalue weighted by Crippen LogP contribution is 2.19. The van der Waals surface area contributed by atoms with Crippen LogP contribution in [0, 0.1) is 0 Å². The molecule has 0 spiro atoms. The number of nitrogens with one attached hydrogen (secondary N) is 2. The lowest BCUT2D eigenvalue weighted by Gasteiger charge is -2.36. The van der Waals surface area contributed by atoms with Gasteiger partial charge in [-0.05, 0) is 31.3 Å². The van der Waals surface area contributed by atoms with Gasteiger partial charge in [0.25, 0.3) is 0 Å². The van der Waals surface area contributed by atoms with E-state index in [2.05, 4.69) is 30.4 Å². The summed E-state index contributed by atoms with van der Waals surface area (Å²) in [5.74, 6) is 0.942. The summed E-state index contributed by atoms with van der Waals surface area (Å²) >= 11 is 0. The van der Waals surface area contributed by atoms with Crippen molar-refractivity contribution in [3.05, 3.63) is 42.9 Å². The van der Waals surface area contributed by atoms with Crippen molar-refractivity contribution in [3.8, 4) is 0 Å². The zero-order chi connectivity index (χ0) is 17.5. The molecule has 2 aromatic rings. The van der Waals surface area contributed by atoms with Gasteiger partial charge in [0.05, 0.1) is 11.9 Å². The van der Waals surface area contributed by atoms with Gasteiger partial charge in [0, 0.05) is 57.2 Å².